The minimum absolute atomic E-state index is 0.196. The first-order valence-corrected chi connectivity index (χ1v) is 6.16. The molecular formula is C12H10BrFN2O2. The summed E-state index contributed by atoms with van der Waals surface area (Å²) in [7, 11) is 0. The van der Waals surface area contributed by atoms with E-state index in [9.17, 15) is 9.18 Å². The van der Waals surface area contributed by atoms with Crippen LogP contribution >= 0.6 is 15.9 Å². The highest BCUT2D eigenvalue weighted by Gasteiger charge is 2.28. The molecule has 1 saturated heterocycles. The molecule has 0 aromatic heterocycles. The minimum Gasteiger partial charge on any atom is -0.376 e. The first-order chi connectivity index (χ1) is 8.63. The average Bonchev–Trinajstić information content (AvgIpc) is 2.41. The number of carbonyl (C=O) groups is 1. The summed E-state index contributed by atoms with van der Waals surface area (Å²) in [5.74, 6) is -0.848. The molecule has 0 bridgehead atoms. The molecule has 1 aliphatic rings. The van der Waals surface area contributed by atoms with Crippen LogP contribution in [0.2, 0.25) is 0 Å². The van der Waals surface area contributed by atoms with Crippen LogP contribution in [0, 0.1) is 17.1 Å². The van der Waals surface area contributed by atoms with E-state index in [0.29, 0.717) is 17.6 Å². The third-order valence-corrected chi connectivity index (χ3v) is 3.35. The van der Waals surface area contributed by atoms with Crippen LogP contribution in [0.4, 0.5) is 4.39 Å². The van der Waals surface area contributed by atoms with Crippen molar-refractivity contribution in [1.82, 2.24) is 4.90 Å². The number of nitriles is 1. The van der Waals surface area contributed by atoms with Gasteiger partial charge < -0.3 is 9.64 Å². The van der Waals surface area contributed by atoms with Crippen molar-refractivity contribution in [2.24, 2.45) is 0 Å². The maximum absolute atomic E-state index is 13.4. The second-order valence-corrected chi connectivity index (χ2v) is 4.70. The van der Waals surface area contributed by atoms with E-state index >= 15 is 0 Å². The van der Waals surface area contributed by atoms with Crippen molar-refractivity contribution in [3.63, 3.8) is 0 Å². The van der Waals surface area contributed by atoms with E-state index in [1.807, 2.05) is 6.07 Å². The molecule has 1 heterocycles. The van der Waals surface area contributed by atoms with Gasteiger partial charge in [0.15, 0.2) is 0 Å². The number of benzene rings is 1. The highest BCUT2D eigenvalue weighted by molar-refractivity contribution is 9.10. The zero-order valence-corrected chi connectivity index (χ0v) is 11.0. The third-order valence-electron chi connectivity index (χ3n) is 2.70. The van der Waals surface area contributed by atoms with Crippen molar-refractivity contribution in [3.8, 4) is 6.07 Å². The lowest BCUT2D eigenvalue weighted by Crippen LogP contribution is -2.48. The Labute approximate surface area is 112 Å². The van der Waals surface area contributed by atoms with Gasteiger partial charge in [-0.25, -0.2) is 4.39 Å². The molecule has 4 nitrogen and oxygen atoms in total. The molecule has 0 N–H and O–H groups in total. The van der Waals surface area contributed by atoms with E-state index < -0.39 is 11.9 Å². The van der Waals surface area contributed by atoms with Crippen LogP contribution in [0.25, 0.3) is 0 Å². The summed E-state index contributed by atoms with van der Waals surface area (Å²) in [5, 5.41) is 8.95. The van der Waals surface area contributed by atoms with Gasteiger partial charge in [0.2, 0.25) is 0 Å². The average molecular weight is 313 g/mol. The molecule has 2 rings (SSSR count). The molecule has 1 fully saturated rings. The van der Waals surface area contributed by atoms with Crippen LogP contribution in [0.5, 0.6) is 0 Å². The van der Waals surface area contributed by atoms with E-state index in [1.54, 1.807) is 0 Å². The van der Waals surface area contributed by atoms with Crippen molar-refractivity contribution < 1.29 is 13.9 Å². The molecular weight excluding hydrogens is 303 g/mol. The molecule has 1 atom stereocenters. The topological polar surface area (TPSA) is 53.3 Å². The number of halogens is 2. The fraction of sp³-hybridized carbons (Fsp3) is 0.333. The minimum atomic E-state index is -0.613. The van der Waals surface area contributed by atoms with Gasteiger partial charge in [0.05, 0.1) is 23.8 Å². The van der Waals surface area contributed by atoms with Crippen molar-refractivity contribution in [3.05, 3.63) is 34.1 Å². The summed E-state index contributed by atoms with van der Waals surface area (Å²) in [5.41, 5.74) is 0.234. The van der Waals surface area contributed by atoms with Crippen molar-refractivity contribution in [2.75, 3.05) is 19.8 Å². The monoisotopic (exact) mass is 312 g/mol. The van der Waals surface area contributed by atoms with Gasteiger partial charge in [-0.3, -0.25) is 4.79 Å². The molecule has 6 heteroatoms. The molecule has 18 heavy (non-hydrogen) atoms. The fourth-order valence-corrected chi connectivity index (χ4v) is 2.00. The second-order valence-electron chi connectivity index (χ2n) is 3.85. The van der Waals surface area contributed by atoms with Gasteiger partial charge in [0.25, 0.3) is 5.91 Å². The number of carbonyl (C=O) groups excluding carboxylic acids is 1. The quantitative estimate of drug-likeness (QED) is 0.796. The van der Waals surface area contributed by atoms with Crippen LogP contribution < -0.4 is 0 Å². The first kappa shape index (κ1) is 13.0. The highest BCUT2D eigenvalue weighted by Crippen LogP contribution is 2.19. The summed E-state index contributed by atoms with van der Waals surface area (Å²) in [6.07, 6.45) is 0. The van der Waals surface area contributed by atoms with Crippen LogP contribution in [-0.2, 0) is 4.74 Å². The van der Waals surface area contributed by atoms with Crippen LogP contribution in [0.15, 0.2) is 22.7 Å². The van der Waals surface area contributed by atoms with Crippen LogP contribution in [0.1, 0.15) is 10.4 Å². The Morgan fingerprint density at radius 3 is 3.06 bits per heavy atom. The predicted octanol–water partition coefficient (Wildman–Crippen LogP) is 1.95. The fourth-order valence-electron chi connectivity index (χ4n) is 1.75. The summed E-state index contributed by atoms with van der Waals surface area (Å²) in [4.78, 5) is 13.6. The Balaban J connectivity index is 2.24. The lowest BCUT2D eigenvalue weighted by Gasteiger charge is -2.31. The molecule has 0 aliphatic carbocycles. The van der Waals surface area contributed by atoms with E-state index in [-0.39, 0.29) is 18.1 Å². The molecule has 1 amide bonds. The molecule has 1 aromatic carbocycles. The Morgan fingerprint density at radius 1 is 1.61 bits per heavy atom. The van der Waals surface area contributed by atoms with Gasteiger partial charge in [-0.05, 0) is 34.1 Å². The summed E-state index contributed by atoms with van der Waals surface area (Å²) in [6, 6.07) is 5.56. The van der Waals surface area contributed by atoms with Gasteiger partial charge in [-0.1, -0.05) is 0 Å². The Morgan fingerprint density at radius 2 is 2.39 bits per heavy atom. The van der Waals surface area contributed by atoms with E-state index in [2.05, 4.69) is 15.9 Å². The van der Waals surface area contributed by atoms with E-state index in [1.165, 1.54) is 17.0 Å². The zero-order valence-electron chi connectivity index (χ0n) is 9.40. The number of hydrogen-bond acceptors (Lipinski definition) is 3. The number of amides is 1. The Hall–Kier alpha value is -1.45. The van der Waals surface area contributed by atoms with Gasteiger partial charge in [0.1, 0.15) is 11.9 Å². The lowest BCUT2D eigenvalue weighted by molar-refractivity contribution is 0.0132. The summed E-state index contributed by atoms with van der Waals surface area (Å²) >= 11 is 3.03. The van der Waals surface area contributed by atoms with Crippen molar-refractivity contribution in [2.45, 2.75) is 6.04 Å². The maximum Gasteiger partial charge on any atom is 0.255 e. The van der Waals surface area contributed by atoms with Crippen LogP contribution in [-0.4, -0.2) is 36.6 Å². The van der Waals surface area contributed by atoms with E-state index in [4.69, 9.17) is 10.00 Å². The maximum atomic E-state index is 13.4. The SMILES string of the molecule is N#C[C@@H]1COCCN1C(=O)c1ccc(Br)c(F)c1. The van der Waals surface area contributed by atoms with Gasteiger partial charge in [-0.15, -0.1) is 0 Å². The normalized spacial score (nSPS) is 19.4. The summed E-state index contributed by atoms with van der Waals surface area (Å²) < 4.78 is 18.8. The second kappa shape index (κ2) is 5.46. The van der Waals surface area contributed by atoms with Gasteiger partial charge >= 0.3 is 0 Å². The Bertz CT molecular complexity index is 515. The smallest absolute Gasteiger partial charge is 0.255 e. The number of ether oxygens (including phenoxy) is 1. The summed E-state index contributed by atoms with van der Waals surface area (Å²) in [6.45, 7) is 0.929. The Kier molecular flexibility index (Phi) is 3.94. The number of rotatable bonds is 1. The van der Waals surface area contributed by atoms with Crippen molar-refractivity contribution >= 4 is 21.8 Å². The number of hydrogen-bond donors (Lipinski definition) is 0. The predicted molar refractivity (Wildman–Crippen MR) is 65.4 cm³/mol. The third kappa shape index (κ3) is 2.52. The standard InChI is InChI=1S/C12H10BrFN2O2/c13-10-2-1-8(5-11(10)14)12(17)16-3-4-18-7-9(16)6-15/h1-2,5,9H,3-4,7H2/t9-/m1/s1. The number of nitrogens with zero attached hydrogens (tertiary/aromatic N) is 2. The molecule has 0 saturated carbocycles. The highest BCUT2D eigenvalue weighted by atomic mass is 79.9. The largest absolute Gasteiger partial charge is 0.376 e. The van der Waals surface area contributed by atoms with Gasteiger partial charge in [-0.2, -0.15) is 5.26 Å². The molecule has 94 valence electrons. The van der Waals surface area contributed by atoms with E-state index in [0.717, 1.165) is 6.07 Å². The van der Waals surface area contributed by atoms with Crippen LogP contribution in [0.3, 0.4) is 0 Å². The lowest BCUT2D eigenvalue weighted by atomic mass is 10.1. The van der Waals surface area contributed by atoms with Crippen molar-refractivity contribution in [1.29, 1.82) is 5.26 Å². The zero-order chi connectivity index (χ0) is 13.1. The molecule has 0 spiro atoms. The molecule has 0 radical (unpaired) electrons. The first-order valence-electron chi connectivity index (χ1n) is 5.37. The number of morpholine rings is 1. The van der Waals surface area contributed by atoms with Gasteiger partial charge in [0, 0.05) is 12.1 Å². The molecule has 0 unspecified atom stereocenters. The molecule has 1 aromatic rings. The molecule has 1 aliphatic heterocycles.